The van der Waals surface area contributed by atoms with Crippen molar-refractivity contribution in [1.82, 2.24) is 4.98 Å². The standard InChI is InChI=1S/C28H25NO3/c30-28(31)23-15-7-9-19(18-23)17-22-14-8-16-24(22)27-29-25(20-10-3-1-4-11-20)26(32-27)21-12-5-2-6-13-21/h1-7,9-13,15,18,22,24H,8,14,16-17H2,(H,30,31)/t22-,24+/m1/s1. The fraction of sp³-hybridized carbons (Fsp3) is 0.214. The Morgan fingerprint density at radius 3 is 2.34 bits per heavy atom. The number of nitrogens with zero attached hydrogens (tertiary/aromatic N) is 1. The van der Waals surface area contributed by atoms with Crippen LogP contribution in [0.4, 0.5) is 0 Å². The first kappa shape index (κ1) is 20.3. The van der Waals surface area contributed by atoms with Crippen LogP contribution in [0.5, 0.6) is 0 Å². The quantitative estimate of drug-likeness (QED) is 0.369. The zero-order chi connectivity index (χ0) is 21.9. The minimum Gasteiger partial charge on any atom is -0.478 e. The smallest absolute Gasteiger partial charge is 0.335 e. The Morgan fingerprint density at radius 2 is 1.62 bits per heavy atom. The molecule has 1 aliphatic carbocycles. The first-order valence-electron chi connectivity index (χ1n) is 11.1. The number of benzene rings is 3. The van der Waals surface area contributed by atoms with Crippen LogP contribution in [0, 0.1) is 5.92 Å². The van der Waals surface area contributed by atoms with Crippen LogP contribution in [-0.2, 0) is 6.42 Å². The minimum atomic E-state index is -0.887. The number of aromatic nitrogens is 1. The Hall–Kier alpha value is -3.66. The zero-order valence-electron chi connectivity index (χ0n) is 17.8. The average Bonchev–Trinajstić information content (AvgIpc) is 3.47. The van der Waals surface area contributed by atoms with Gasteiger partial charge in [0.1, 0.15) is 5.69 Å². The van der Waals surface area contributed by atoms with E-state index in [-0.39, 0.29) is 5.92 Å². The van der Waals surface area contributed by atoms with Crippen LogP contribution in [0.3, 0.4) is 0 Å². The minimum absolute atomic E-state index is 0.225. The molecule has 0 unspecified atom stereocenters. The topological polar surface area (TPSA) is 63.3 Å². The van der Waals surface area contributed by atoms with Crippen LogP contribution < -0.4 is 0 Å². The number of hydrogen-bond donors (Lipinski definition) is 1. The number of carboxylic acid groups (broad SMARTS) is 1. The first-order valence-corrected chi connectivity index (χ1v) is 11.1. The lowest BCUT2D eigenvalue weighted by atomic mass is 9.89. The maximum absolute atomic E-state index is 11.4. The van der Waals surface area contributed by atoms with E-state index in [9.17, 15) is 9.90 Å². The summed E-state index contributed by atoms with van der Waals surface area (Å²) in [4.78, 5) is 16.4. The molecule has 3 aromatic carbocycles. The SMILES string of the molecule is O=C(O)c1cccc(C[C@H]2CCC[C@@H]2c2nc(-c3ccccc3)c(-c3ccccc3)o2)c1. The van der Waals surface area contributed by atoms with E-state index in [4.69, 9.17) is 9.40 Å². The first-order chi connectivity index (χ1) is 15.7. The molecule has 1 heterocycles. The van der Waals surface area contributed by atoms with Crippen molar-refractivity contribution < 1.29 is 14.3 Å². The van der Waals surface area contributed by atoms with Gasteiger partial charge >= 0.3 is 5.97 Å². The number of carboxylic acids is 1. The molecule has 160 valence electrons. The lowest BCUT2D eigenvalue weighted by Crippen LogP contribution is -2.10. The van der Waals surface area contributed by atoms with E-state index in [0.29, 0.717) is 11.5 Å². The fourth-order valence-corrected chi connectivity index (χ4v) is 4.81. The zero-order valence-corrected chi connectivity index (χ0v) is 17.8. The van der Waals surface area contributed by atoms with E-state index in [1.807, 2.05) is 48.5 Å². The Labute approximate surface area is 187 Å². The summed E-state index contributed by atoms with van der Waals surface area (Å²) in [6.45, 7) is 0. The van der Waals surface area contributed by atoms with Crippen molar-refractivity contribution in [2.45, 2.75) is 31.6 Å². The molecule has 1 aromatic heterocycles. The molecule has 0 saturated heterocycles. The molecular weight excluding hydrogens is 398 g/mol. The molecule has 0 radical (unpaired) electrons. The van der Waals surface area contributed by atoms with Crippen LogP contribution in [-0.4, -0.2) is 16.1 Å². The molecule has 4 nitrogen and oxygen atoms in total. The molecule has 1 aliphatic rings. The van der Waals surface area contributed by atoms with Crippen LogP contribution in [0.15, 0.2) is 89.3 Å². The molecule has 0 amide bonds. The van der Waals surface area contributed by atoms with Gasteiger partial charge < -0.3 is 9.52 Å². The summed E-state index contributed by atoms with van der Waals surface area (Å²) in [5, 5.41) is 9.32. The van der Waals surface area contributed by atoms with E-state index >= 15 is 0 Å². The van der Waals surface area contributed by atoms with Gasteiger partial charge in [0, 0.05) is 17.0 Å². The monoisotopic (exact) mass is 423 g/mol. The van der Waals surface area contributed by atoms with Crippen molar-refractivity contribution in [2.75, 3.05) is 0 Å². The molecule has 1 saturated carbocycles. The molecule has 0 aliphatic heterocycles. The van der Waals surface area contributed by atoms with Crippen LogP contribution >= 0.6 is 0 Å². The summed E-state index contributed by atoms with van der Waals surface area (Å²) in [7, 11) is 0. The summed E-state index contributed by atoms with van der Waals surface area (Å²) >= 11 is 0. The average molecular weight is 424 g/mol. The lowest BCUT2D eigenvalue weighted by molar-refractivity contribution is 0.0696. The second-order valence-electron chi connectivity index (χ2n) is 8.47. The van der Waals surface area contributed by atoms with Crippen molar-refractivity contribution in [2.24, 2.45) is 5.92 Å². The lowest BCUT2D eigenvalue weighted by Gasteiger charge is -2.17. The van der Waals surface area contributed by atoms with E-state index in [1.54, 1.807) is 12.1 Å². The summed E-state index contributed by atoms with van der Waals surface area (Å²) in [6, 6.07) is 27.6. The molecule has 4 heteroatoms. The fourth-order valence-electron chi connectivity index (χ4n) is 4.81. The number of carbonyl (C=O) groups is 1. The van der Waals surface area contributed by atoms with Gasteiger partial charge in [0.2, 0.25) is 0 Å². The van der Waals surface area contributed by atoms with Gasteiger partial charge in [-0.1, -0.05) is 79.2 Å². The molecule has 0 bridgehead atoms. The summed E-state index contributed by atoms with van der Waals surface area (Å²) in [5.41, 5.74) is 4.34. The molecule has 2 atom stereocenters. The van der Waals surface area contributed by atoms with Crippen molar-refractivity contribution in [3.05, 3.63) is 102 Å². The molecule has 5 rings (SSSR count). The molecule has 1 fully saturated rings. The third-order valence-corrected chi connectivity index (χ3v) is 6.38. The maximum Gasteiger partial charge on any atom is 0.335 e. The molecular formula is C28H25NO3. The Balaban J connectivity index is 1.49. The highest BCUT2D eigenvalue weighted by Crippen LogP contribution is 2.44. The van der Waals surface area contributed by atoms with E-state index in [0.717, 1.165) is 59.7 Å². The van der Waals surface area contributed by atoms with Gasteiger partial charge in [-0.25, -0.2) is 9.78 Å². The number of hydrogen-bond acceptors (Lipinski definition) is 3. The van der Waals surface area contributed by atoms with Crippen LogP contribution in [0.1, 0.15) is 47.0 Å². The third kappa shape index (κ3) is 4.09. The van der Waals surface area contributed by atoms with Gasteiger partial charge in [-0.05, 0) is 42.9 Å². The number of aromatic carboxylic acids is 1. The van der Waals surface area contributed by atoms with Gasteiger partial charge in [-0.2, -0.15) is 0 Å². The Morgan fingerprint density at radius 1 is 0.906 bits per heavy atom. The highest BCUT2D eigenvalue weighted by Gasteiger charge is 2.33. The van der Waals surface area contributed by atoms with Gasteiger partial charge in [0.25, 0.3) is 0 Å². The van der Waals surface area contributed by atoms with Crippen LogP contribution in [0.25, 0.3) is 22.6 Å². The Bertz CT molecular complexity index is 1160. The van der Waals surface area contributed by atoms with E-state index < -0.39 is 5.97 Å². The number of rotatable bonds is 6. The molecule has 1 N–H and O–H groups in total. The second-order valence-corrected chi connectivity index (χ2v) is 8.47. The van der Waals surface area contributed by atoms with E-state index in [1.165, 1.54) is 0 Å². The van der Waals surface area contributed by atoms with Gasteiger partial charge in [0.05, 0.1) is 5.56 Å². The predicted molar refractivity (Wildman–Crippen MR) is 125 cm³/mol. The normalized spacial score (nSPS) is 18.0. The van der Waals surface area contributed by atoms with Crippen molar-refractivity contribution >= 4 is 5.97 Å². The third-order valence-electron chi connectivity index (χ3n) is 6.38. The van der Waals surface area contributed by atoms with Crippen molar-refractivity contribution in [3.63, 3.8) is 0 Å². The Kier molecular flexibility index (Phi) is 5.59. The highest BCUT2D eigenvalue weighted by molar-refractivity contribution is 5.87. The summed E-state index contributed by atoms with van der Waals surface area (Å²) < 4.78 is 6.46. The van der Waals surface area contributed by atoms with Gasteiger partial charge in [-0.3, -0.25) is 0 Å². The van der Waals surface area contributed by atoms with Gasteiger partial charge in [-0.15, -0.1) is 0 Å². The second kappa shape index (κ2) is 8.83. The molecule has 4 aromatic rings. The summed E-state index contributed by atoms with van der Waals surface area (Å²) in [6.07, 6.45) is 4.07. The van der Waals surface area contributed by atoms with Gasteiger partial charge in [0.15, 0.2) is 11.7 Å². The van der Waals surface area contributed by atoms with Crippen molar-refractivity contribution in [1.29, 1.82) is 0 Å². The maximum atomic E-state index is 11.4. The number of oxazole rings is 1. The predicted octanol–water partition coefficient (Wildman–Crippen LogP) is 6.83. The highest BCUT2D eigenvalue weighted by atomic mass is 16.4. The molecule has 32 heavy (non-hydrogen) atoms. The summed E-state index contributed by atoms with van der Waals surface area (Å²) in [5.74, 6) is 1.32. The van der Waals surface area contributed by atoms with Crippen LogP contribution in [0.2, 0.25) is 0 Å². The largest absolute Gasteiger partial charge is 0.478 e. The van der Waals surface area contributed by atoms with E-state index in [2.05, 4.69) is 24.3 Å². The van der Waals surface area contributed by atoms with Crippen molar-refractivity contribution in [3.8, 4) is 22.6 Å². The molecule has 0 spiro atoms.